The highest BCUT2D eigenvalue weighted by Gasteiger charge is 2.42. The number of allylic oxidation sites excluding steroid dienone is 1. The van der Waals surface area contributed by atoms with E-state index in [4.69, 9.17) is 4.74 Å². The lowest BCUT2D eigenvalue weighted by atomic mass is 10.00. The molecule has 0 aliphatic carbocycles. The fraction of sp³-hybridized carbons (Fsp3) is 0.394. The van der Waals surface area contributed by atoms with Gasteiger partial charge in [0.15, 0.2) is 12.5 Å². The number of hydrogen-bond donors (Lipinski definition) is 3. The van der Waals surface area contributed by atoms with Crippen LogP contribution in [0.15, 0.2) is 53.5 Å². The molecule has 0 radical (unpaired) electrons. The van der Waals surface area contributed by atoms with Gasteiger partial charge in [0.2, 0.25) is 0 Å². The molecular formula is C33H41F5N4O3. The molecule has 2 aromatic carbocycles. The first-order chi connectivity index (χ1) is 21.3. The molecule has 1 unspecified atom stereocenters. The molecule has 1 aromatic heterocycles. The molecule has 0 fully saturated rings. The number of aromatic hydroxyl groups is 1. The standard InChI is InChI=1S/C31H35F5N4O3.C2H6/c1-6-8-19(4)38-28-18(3)13-21(14-27(28)43-5)24(7-2)37-16-23(31(34,35)36)25-15-26(40(42)17-32)30(41)29(39-25)20-9-11-22(33)12-10-20;1-2/h7,9-15,23,37,41-42H,6,8,16-17H2,1-5H3;1-2H3. The van der Waals surface area contributed by atoms with Crippen molar-refractivity contribution < 1.29 is 37.0 Å². The van der Waals surface area contributed by atoms with E-state index in [1.807, 2.05) is 34.6 Å². The van der Waals surface area contributed by atoms with Gasteiger partial charge in [0.1, 0.15) is 34.6 Å². The van der Waals surface area contributed by atoms with Crippen LogP contribution in [0.5, 0.6) is 11.5 Å². The van der Waals surface area contributed by atoms with Crippen molar-refractivity contribution in [1.29, 1.82) is 0 Å². The second-order valence-corrected chi connectivity index (χ2v) is 9.91. The third kappa shape index (κ3) is 9.40. The van der Waals surface area contributed by atoms with E-state index < -0.39 is 48.4 Å². The normalized spacial score (nSPS) is 12.7. The molecule has 12 heteroatoms. The predicted octanol–water partition coefficient (Wildman–Crippen LogP) is 9.25. The van der Waals surface area contributed by atoms with Crippen molar-refractivity contribution >= 4 is 22.8 Å². The van der Waals surface area contributed by atoms with Crippen molar-refractivity contribution in [3.63, 3.8) is 0 Å². The largest absolute Gasteiger partial charge is 0.504 e. The molecule has 0 aliphatic heterocycles. The van der Waals surface area contributed by atoms with E-state index in [-0.39, 0.29) is 16.3 Å². The molecule has 0 bridgehead atoms. The lowest BCUT2D eigenvalue weighted by molar-refractivity contribution is -0.149. The molecule has 0 spiro atoms. The molecule has 0 saturated heterocycles. The minimum Gasteiger partial charge on any atom is -0.504 e. The van der Waals surface area contributed by atoms with Crippen LogP contribution < -0.4 is 15.1 Å². The van der Waals surface area contributed by atoms with E-state index >= 15 is 0 Å². The maximum absolute atomic E-state index is 14.5. The number of anilines is 1. The maximum atomic E-state index is 14.5. The number of aromatic nitrogens is 1. The second kappa shape index (κ2) is 16.8. The van der Waals surface area contributed by atoms with Gasteiger partial charge in [-0.15, -0.1) is 0 Å². The van der Waals surface area contributed by atoms with Gasteiger partial charge in [0, 0.05) is 29.1 Å². The van der Waals surface area contributed by atoms with Gasteiger partial charge in [-0.3, -0.25) is 10.2 Å². The first-order valence-electron chi connectivity index (χ1n) is 14.6. The zero-order chi connectivity index (χ0) is 33.9. The quantitative estimate of drug-likeness (QED) is 0.0795. The van der Waals surface area contributed by atoms with Crippen LogP contribution in [0.4, 0.5) is 33.3 Å². The Labute approximate surface area is 261 Å². The molecule has 7 nitrogen and oxygen atoms in total. The summed E-state index contributed by atoms with van der Waals surface area (Å²) in [6, 6.07) is 8.73. The van der Waals surface area contributed by atoms with Gasteiger partial charge >= 0.3 is 6.18 Å². The molecule has 3 aromatic rings. The van der Waals surface area contributed by atoms with E-state index in [0.717, 1.165) is 42.3 Å². The number of nitrogens with one attached hydrogen (secondary N) is 1. The van der Waals surface area contributed by atoms with Crippen LogP contribution in [0.2, 0.25) is 0 Å². The number of alkyl halides is 4. The number of pyridine rings is 1. The summed E-state index contributed by atoms with van der Waals surface area (Å²) >= 11 is 0. The van der Waals surface area contributed by atoms with Gasteiger partial charge in [0.05, 0.1) is 12.8 Å². The molecular weight excluding hydrogens is 595 g/mol. The molecule has 1 heterocycles. The van der Waals surface area contributed by atoms with Crippen LogP contribution in [-0.4, -0.2) is 47.6 Å². The molecule has 45 heavy (non-hydrogen) atoms. The van der Waals surface area contributed by atoms with Gasteiger partial charge < -0.3 is 15.2 Å². The van der Waals surface area contributed by atoms with Gasteiger partial charge in [-0.1, -0.05) is 33.3 Å². The summed E-state index contributed by atoms with van der Waals surface area (Å²) in [5.74, 6) is -3.18. The Morgan fingerprint density at radius 1 is 1.16 bits per heavy atom. The number of methoxy groups -OCH3 is 1. The van der Waals surface area contributed by atoms with Crippen molar-refractivity contribution in [3.05, 3.63) is 71.2 Å². The van der Waals surface area contributed by atoms with Crippen molar-refractivity contribution in [2.75, 3.05) is 25.5 Å². The monoisotopic (exact) mass is 636 g/mol. The zero-order valence-electron chi connectivity index (χ0n) is 26.6. The van der Waals surface area contributed by atoms with E-state index in [2.05, 4.69) is 15.3 Å². The average molecular weight is 637 g/mol. The van der Waals surface area contributed by atoms with Crippen molar-refractivity contribution in [1.82, 2.24) is 10.3 Å². The molecule has 3 N–H and O–H groups in total. The fourth-order valence-electron chi connectivity index (χ4n) is 4.57. The summed E-state index contributed by atoms with van der Waals surface area (Å²) in [6.45, 7) is 9.25. The molecule has 0 saturated carbocycles. The summed E-state index contributed by atoms with van der Waals surface area (Å²) in [6.07, 6.45) is -1.49. The van der Waals surface area contributed by atoms with E-state index in [0.29, 0.717) is 22.7 Å². The number of hydrogen-bond acceptors (Lipinski definition) is 7. The third-order valence-corrected chi connectivity index (χ3v) is 6.75. The smallest absolute Gasteiger partial charge is 0.398 e. The minimum atomic E-state index is -4.84. The van der Waals surface area contributed by atoms with Crippen molar-refractivity contribution in [2.24, 2.45) is 4.99 Å². The summed E-state index contributed by atoms with van der Waals surface area (Å²) in [7, 11) is 1.49. The number of benzene rings is 2. The van der Waals surface area contributed by atoms with Crippen molar-refractivity contribution in [2.45, 2.75) is 66.5 Å². The highest BCUT2D eigenvalue weighted by Crippen LogP contribution is 2.42. The Hall–Kier alpha value is -4.19. The fourth-order valence-corrected chi connectivity index (χ4v) is 4.57. The molecule has 0 aliphatic rings. The Kier molecular flexibility index (Phi) is 13.8. The average Bonchev–Trinajstić information content (AvgIpc) is 3.01. The van der Waals surface area contributed by atoms with Crippen LogP contribution in [-0.2, 0) is 0 Å². The first kappa shape index (κ1) is 37.0. The number of halogens is 5. The number of ether oxygens (including phenoxy) is 1. The first-order valence-corrected chi connectivity index (χ1v) is 14.6. The predicted molar refractivity (Wildman–Crippen MR) is 169 cm³/mol. The van der Waals surface area contributed by atoms with Gasteiger partial charge in [-0.25, -0.2) is 18.8 Å². The zero-order valence-corrected chi connectivity index (χ0v) is 26.6. The molecule has 246 valence electrons. The Balaban J connectivity index is 0.00000345. The van der Waals surface area contributed by atoms with Crippen LogP contribution >= 0.6 is 0 Å². The number of aliphatic imine (C=N–C) groups is 1. The Bertz CT molecular complexity index is 1470. The lowest BCUT2D eigenvalue weighted by Crippen LogP contribution is -2.32. The van der Waals surface area contributed by atoms with Crippen molar-refractivity contribution in [3.8, 4) is 22.8 Å². The van der Waals surface area contributed by atoms with E-state index in [9.17, 15) is 32.3 Å². The van der Waals surface area contributed by atoms with Gasteiger partial charge in [-0.05, 0) is 75.2 Å². The maximum Gasteiger partial charge on any atom is 0.398 e. The van der Waals surface area contributed by atoms with Crippen LogP contribution in [0, 0.1) is 12.7 Å². The molecule has 1 atom stereocenters. The lowest BCUT2D eigenvalue weighted by Gasteiger charge is -2.25. The minimum absolute atomic E-state index is 0.0346. The summed E-state index contributed by atoms with van der Waals surface area (Å²) in [5, 5.41) is 23.5. The Morgan fingerprint density at radius 3 is 2.33 bits per heavy atom. The number of hydroxylamine groups is 1. The number of aryl methyl sites for hydroxylation is 1. The number of nitrogens with zero attached hydrogens (tertiary/aromatic N) is 3. The molecule has 3 rings (SSSR count). The summed E-state index contributed by atoms with van der Waals surface area (Å²) < 4.78 is 75.9. The van der Waals surface area contributed by atoms with Crippen LogP contribution in [0.1, 0.15) is 70.2 Å². The Morgan fingerprint density at radius 2 is 1.80 bits per heavy atom. The second-order valence-electron chi connectivity index (χ2n) is 9.91. The number of rotatable bonds is 12. The topological polar surface area (TPSA) is 90.2 Å². The van der Waals surface area contributed by atoms with Crippen LogP contribution in [0.3, 0.4) is 0 Å². The van der Waals surface area contributed by atoms with Gasteiger partial charge in [0.25, 0.3) is 0 Å². The summed E-state index contributed by atoms with van der Waals surface area (Å²) in [5.41, 5.74) is 1.73. The summed E-state index contributed by atoms with van der Waals surface area (Å²) in [4.78, 5) is 8.71. The highest BCUT2D eigenvalue weighted by molar-refractivity contribution is 5.86. The van der Waals surface area contributed by atoms with Gasteiger partial charge in [-0.2, -0.15) is 13.2 Å². The third-order valence-electron chi connectivity index (χ3n) is 6.75. The SMILES string of the molecule is CC.CC=C(NCC(c1cc(N(O)CF)c(O)c(-c2ccc(F)cc2)n1)C(F)(F)F)c1cc(C)c(N=C(C)CCC)c(OC)c1. The van der Waals surface area contributed by atoms with E-state index in [1.165, 1.54) is 19.2 Å². The highest BCUT2D eigenvalue weighted by atomic mass is 19.4. The molecule has 0 amide bonds. The van der Waals surface area contributed by atoms with E-state index in [1.54, 1.807) is 25.1 Å². The van der Waals surface area contributed by atoms with Crippen LogP contribution in [0.25, 0.3) is 17.0 Å².